The lowest BCUT2D eigenvalue weighted by molar-refractivity contribution is 0.00692. The Bertz CT molecular complexity index is 1640. The Kier molecular flexibility index (Phi) is 7.49. The van der Waals surface area contributed by atoms with Crippen LogP contribution in [0.15, 0.2) is 91.1 Å². The largest absolute Gasteiger partial charge is 0.353 e. The lowest BCUT2D eigenvalue weighted by Gasteiger charge is -2.26. The van der Waals surface area contributed by atoms with Gasteiger partial charge in [-0.3, -0.25) is 19.9 Å². The number of rotatable bonds is 7. The second-order valence-corrected chi connectivity index (χ2v) is 11.7. The van der Waals surface area contributed by atoms with E-state index >= 15 is 0 Å². The third-order valence-corrected chi connectivity index (χ3v) is 9.04. The zero-order valence-electron chi connectivity index (χ0n) is 24.1. The quantitative estimate of drug-likeness (QED) is 0.258. The molecule has 4 atom stereocenters. The molecule has 7 rings (SSSR count). The fourth-order valence-electron chi connectivity index (χ4n) is 7.02. The number of benzene rings is 3. The molecule has 218 valence electrons. The molecule has 4 aromatic rings. The van der Waals surface area contributed by atoms with Gasteiger partial charge in [0.15, 0.2) is 6.29 Å². The second kappa shape index (κ2) is 11.7. The molecule has 3 aromatic carbocycles. The summed E-state index contributed by atoms with van der Waals surface area (Å²) in [5.74, 6) is 0.871. The number of aromatic nitrogens is 1. The summed E-state index contributed by atoms with van der Waals surface area (Å²) in [4.78, 5) is 34.4. The molecule has 0 saturated carbocycles. The van der Waals surface area contributed by atoms with Crippen LogP contribution >= 0.6 is 0 Å². The van der Waals surface area contributed by atoms with Crippen LogP contribution in [0.2, 0.25) is 0 Å². The normalized spacial score (nSPS) is 23.1. The molecule has 43 heavy (non-hydrogen) atoms. The second-order valence-electron chi connectivity index (χ2n) is 11.7. The molecule has 0 spiro atoms. The summed E-state index contributed by atoms with van der Waals surface area (Å²) < 4.78 is 6.55. The first-order valence-electron chi connectivity index (χ1n) is 14.9. The highest BCUT2D eigenvalue weighted by Gasteiger charge is 2.47. The molecule has 3 heterocycles. The van der Waals surface area contributed by atoms with Gasteiger partial charge in [-0.2, -0.15) is 0 Å². The maximum Gasteiger partial charge on any atom is 0.324 e. The summed E-state index contributed by atoms with van der Waals surface area (Å²) in [6.45, 7) is 2.94. The van der Waals surface area contributed by atoms with Crippen molar-refractivity contribution in [3.05, 3.63) is 125 Å². The lowest BCUT2D eigenvalue weighted by atomic mass is 9.99. The van der Waals surface area contributed by atoms with Crippen molar-refractivity contribution in [2.24, 2.45) is 0 Å². The van der Waals surface area contributed by atoms with Crippen molar-refractivity contribution in [1.82, 2.24) is 14.8 Å². The third-order valence-electron chi connectivity index (χ3n) is 9.04. The summed E-state index contributed by atoms with van der Waals surface area (Å²) in [5.41, 5.74) is 6.72. The Labute approximate surface area is 251 Å². The number of likely N-dealkylation sites (N-methyl/N-ethyl adjacent to an activating group) is 1. The van der Waals surface area contributed by atoms with Crippen LogP contribution in [0, 0.1) is 0 Å². The van der Waals surface area contributed by atoms with Gasteiger partial charge in [0, 0.05) is 36.8 Å². The predicted molar refractivity (Wildman–Crippen MR) is 166 cm³/mol. The Morgan fingerprint density at radius 1 is 1.02 bits per heavy atom. The van der Waals surface area contributed by atoms with Gasteiger partial charge in [0.2, 0.25) is 0 Å². The highest BCUT2D eigenvalue weighted by Crippen LogP contribution is 2.49. The van der Waals surface area contributed by atoms with Crippen molar-refractivity contribution >= 4 is 23.8 Å². The summed E-state index contributed by atoms with van der Waals surface area (Å²) in [7, 11) is 2.02. The average Bonchev–Trinajstić information content (AvgIpc) is 3.72. The molecule has 2 amide bonds. The van der Waals surface area contributed by atoms with Crippen molar-refractivity contribution in [2.75, 3.05) is 30.8 Å². The number of nitrogens with zero attached hydrogens (tertiary/aromatic N) is 3. The summed E-state index contributed by atoms with van der Waals surface area (Å²) in [6, 6.07) is 27.9. The molecule has 8 nitrogen and oxygen atoms in total. The number of carbonyl (C=O) groups excluding carboxylic acids is 2. The number of pyridine rings is 1. The van der Waals surface area contributed by atoms with E-state index in [2.05, 4.69) is 73.9 Å². The molecule has 3 aliphatic rings. The third kappa shape index (κ3) is 5.45. The lowest BCUT2D eigenvalue weighted by Crippen LogP contribution is -2.26. The van der Waals surface area contributed by atoms with Crippen molar-refractivity contribution in [2.45, 2.75) is 43.7 Å². The molecule has 2 N–H and O–H groups in total. The maximum atomic E-state index is 13.3. The Morgan fingerprint density at radius 2 is 1.86 bits per heavy atom. The molecule has 2 aliphatic heterocycles. The monoisotopic (exact) mass is 573 g/mol. The molecular weight excluding hydrogens is 538 g/mol. The van der Waals surface area contributed by atoms with Crippen LogP contribution in [0.3, 0.4) is 0 Å². The van der Waals surface area contributed by atoms with Crippen molar-refractivity contribution in [3.8, 4) is 0 Å². The van der Waals surface area contributed by atoms with Gasteiger partial charge >= 0.3 is 6.03 Å². The van der Waals surface area contributed by atoms with Gasteiger partial charge < -0.3 is 10.1 Å². The number of urea groups is 1. The first-order valence-corrected chi connectivity index (χ1v) is 14.9. The summed E-state index contributed by atoms with van der Waals surface area (Å²) in [6.07, 6.45) is 3.97. The molecule has 1 aromatic heterocycles. The van der Waals surface area contributed by atoms with Gasteiger partial charge in [-0.1, -0.05) is 66.7 Å². The van der Waals surface area contributed by atoms with Crippen LogP contribution in [-0.4, -0.2) is 53.3 Å². The van der Waals surface area contributed by atoms with Gasteiger partial charge in [-0.15, -0.1) is 0 Å². The highest BCUT2D eigenvalue weighted by molar-refractivity contribution is 6.00. The van der Waals surface area contributed by atoms with Crippen LogP contribution < -0.4 is 10.6 Å². The van der Waals surface area contributed by atoms with E-state index in [9.17, 15) is 9.59 Å². The van der Waals surface area contributed by atoms with E-state index in [0.29, 0.717) is 28.6 Å². The van der Waals surface area contributed by atoms with Gasteiger partial charge in [0.05, 0.1) is 17.8 Å². The van der Waals surface area contributed by atoms with Gasteiger partial charge in [-0.25, -0.2) is 9.78 Å². The van der Waals surface area contributed by atoms with Crippen LogP contribution in [0.5, 0.6) is 0 Å². The van der Waals surface area contributed by atoms with Gasteiger partial charge in [-0.05, 0) is 66.4 Å². The van der Waals surface area contributed by atoms with E-state index in [4.69, 9.17) is 4.74 Å². The van der Waals surface area contributed by atoms with Gasteiger partial charge in [0.25, 0.3) is 0 Å². The number of hydrogen-bond acceptors (Lipinski definition) is 6. The standard InChI is InChI=1S/C35H35N5O3/c1-39-33-28-12-6-5-10-25(28)18-30(33)43-34(39)32-27(22-41)11-7-13-29(32)37-35(42)38-31-19-24(14-16-36-31)26-15-17-40(21-26)20-23-8-3-2-4-9-23/h2-14,16,19,22,26,30,33-34H,15,17-18,20-21H2,1H3,(H2,36,37,38,42)/t26?,30-,33+,34?/m1/s1. The number of fused-ring (bicyclic) bond motifs is 3. The first kappa shape index (κ1) is 27.5. The number of ether oxygens (including phenoxy) is 1. The van der Waals surface area contributed by atoms with Crippen LogP contribution in [0.25, 0.3) is 0 Å². The SMILES string of the molecule is CN1C(c2c(C=O)cccc2NC(=O)Nc2cc(C3CCN(Cc4ccccc4)C3)ccn2)O[C@@H]2Cc3ccccc3[C@@H]21. The van der Waals surface area contributed by atoms with Crippen LogP contribution in [0.4, 0.5) is 16.3 Å². The van der Waals surface area contributed by atoms with Crippen molar-refractivity contribution in [1.29, 1.82) is 0 Å². The molecule has 0 radical (unpaired) electrons. The van der Waals surface area contributed by atoms with Gasteiger partial charge in [0.1, 0.15) is 12.0 Å². The number of aldehydes is 1. The van der Waals surface area contributed by atoms with E-state index in [1.807, 2.05) is 31.3 Å². The number of anilines is 2. The maximum absolute atomic E-state index is 13.3. The number of nitrogens with one attached hydrogen (secondary N) is 2. The Morgan fingerprint density at radius 3 is 2.72 bits per heavy atom. The van der Waals surface area contributed by atoms with Crippen molar-refractivity contribution in [3.63, 3.8) is 0 Å². The number of hydrogen-bond donors (Lipinski definition) is 2. The molecule has 2 saturated heterocycles. The predicted octanol–water partition coefficient (Wildman–Crippen LogP) is 6.15. The molecule has 2 fully saturated rings. The zero-order chi connectivity index (χ0) is 29.3. The van der Waals surface area contributed by atoms with E-state index in [1.54, 1.807) is 18.3 Å². The van der Waals surface area contributed by atoms with E-state index in [0.717, 1.165) is 44.3 Å². The van der Waals surface area contributed by atoms with E-state index < -0.39 is 12.3 Å². The zero-order valence-corrected chi connectivity index (χ0v) is 24.1. The minimum atomic E-state index is -0.470. The smallest absolute Gasteiger partial charge is 0.324 e. The van der Waals surface area contributed by atoms with E-state index in [1.165, 1.54) is 16.7 Å². The fourth-order valence-corrected chi connectivity index (χ4v) is 7.02. The van der Waals surface area contributed by atoms with E-state index in [-0.39, 0.29) is 12.1 Å². The molecule has 1 aliphatic carbocycles. The average molecular weight is 574 g/mol. The minimum absolute atomic E-state index is 0.0140. The Balaban J connectivity index is 1.05. The number of amides is 2. The molecule has 0 bridgehead atoms. The first-order chi connectivity index (χ1) is 21.1. The minimum Gasteiger partial charge on any atom is -0.353 e. The van der Waals surface area contributed by atoms with Crippen LogP contribution in [-0.2, 0) is 17.7 Å². The topological polar surface area (TPSA) is 86.8 Å². The fraction of sp³-hybridized carbons (Fsp3) is 0.286. The summed E-state index contributed by atoms with van der Waals surface area (Å²) >= 11 is 0. The highest BCUT2D eigenvalue weighted by atomic mass is 16.5. The van der Waals surface area contributed by atoms with Crippen molar-refractivity contribution < 1.29 is 14.3 Å². The molecule has 8 heteroatoms. The Hall–Kier alpha value is -4.37. The number of likely N-dealkylation sites (tertiary alicyclic amines) is 1. The summed E-state index contributed by atoms with van der Waals surface area (Å²) in [5, 5.41) is 5.88. The number of carbonyl (C=O) groups is 2. The van der Waals surface area contributed by atoms with Crippen LogP contribution in [0.1, 0.15) is 62.8 Å². The molecule has 2 unspecified atom stereocenters. The molecular formula is C35H35N5O3.